The van der Waals surface area contributed by atoms with Crippen molar-refractivity contribution in [1.29, 1.82) is 0 Å². The van der Waals surface area contributed by atoms with Crippen molar-refractivity contribution < 1.29 is 27.1 Å². The Bertz CT molecular complexity index is 946. The molecular weight excluding hydrogens is 383 g/mol. The Hall–Kier alpha value is -3.14. The van der Waals surface area contributed by atoms with Crippen LogP contribution in [0.5, 0.6) is 0 Å². The first kappa shape index (κ1) is 19.6. The molecule has 146 valence electrons. The number of pyridine rings is 1. The third kappa shape index (κ3) is 4.39. The second kappa shape index (κ2) is 7.85. The summed E-state index contributed by atoms with van der Waals surface area (Å²) in [5.74, 6) is -2.41. The third-order valence-corrected chi connectivity index (χ3v) is 3.76. The van der Waals surface area contributed by atoms with Crippen LogP contribution in [0.25, 0.3) is 11.4 Å². The maximum absolute atomic E-state index is 13.7. The number of aliphatic hydroxyl groups excluding tert-OH is 1. The predicted molar refractivity (Wildman–Crippen MR) is 90.1 cm³/mol. The van der Waals surface area contributed by atoms with E-state index in [0.29, 0.717) is 11.6 Å². The maximum Gasteiger partial charge on any atom is 0.433 e. The number of aliphatic hydroxyl groups is 1. The first-order valence-electron chi connectivity index (χ1n) is 7.98. The van der Waals surface area contributed by atoms with Gasteiger partial charge in [-0.2, -0.15) is 13.2 Å². The summed E-state index contributed by atoms with van der Waals surface area (Å²) in [7, 11) is 0. The summed E-state index contributed by atoms with van der Waals surface area (Å²) in [4.78, 5) is 11.3. The number of benzene rings is 1. The average molecular weight is 396 g/mol. The number of rotatable bonds is 5. The lowest BCUT2D eigenvalue weighted by Crippen LogP contribution is -2.17. The standard InChI is InChI=1S/C18H13F5N4O/c19-11-2-1-3-12(20)16(11)13(28)9-25-15-8-14(18(21,22)23)26-17(27-15)10-4-6-24-7-5-10/h1-8,13,28H,9H2,(H,25,26,27). The van der Waals surface area contributed by atoms with Crippen molar-refractivity contribution >= 4 is 5.82 Å². The van der Waals surface area contributed by atoms with E-state index in [4.69, 9.17) is 0 Å². The van der Waals surface area contributed by atoms with E-state index < -0.39 is 41.7 Å². The Labute approximate surface area is 155 Å². The summed E-state index contributed by atoms with van der Waals surface area (Å²) in [6.45, 7) is -0.470. The van der Waals surface area contributed by atoms with Gasteiger partial charge in [-0.3, -0.25) is 4.98 Å². The van der Waals surface area contributed by atoms with Crippen molar-refractivity contribution in [3.8, 4) is 11.4 Å². The number of nitrogens with one attached hydrogen (secondary N) is 1. The van der Waals surface area contributed by atoms with Gasteiger partial charge in [0, 0.05) is 30.6 Å². The van der Waals surface area contributed by atoms with E-state index in [1.165, 1.54) is 24.5 Å². The molecular formula is C18H13F5N4O. The zero-order valence-corrected chi connectivity index (χ0v) is 14.1. The number of halogens is 5. The monoisotopic (exact) mass is 396 g/mol. The van der Waals surface area contributed by atoms with E-state index in [1.54, 1.807) is 0 Å². The van der Waals surface area contributed by atoms with Crippen LogP contribution in [0.3, 0.4) is 0 Å². The topological polar surface area (TPSA) is 70.9 Å². The molecule has 3 rings (SSSR count). The van der Waals surface area contributed by atoms with E-state index in [0.717, 1.165) is 18.2 Å². The molecule has 0 bridgehead atoms. The largest absolute Gasteiger partial charge is 0.433 e. The minimum Gasteiger partial charge on any atom is -0.386 e. The zero-order valence-electron chi connectivity index (χ0n) is 14.1. The fraction of sp³-hybridized carbons (Fsp3) is 0.167. The van der Waals surface area contributed by atoms with Gasteiger partial charge in [-0.25, -0.2) is 18.7 Å². The molecule has 0 radical (unpaired) electrons. The van der Waals surface area contributed by atoms with Gasteiger partial charge in [-0.1, -0.05) is 6.07 Å². The van der Waals surface area contributed by atoms with Gasteiger partial charge in [0.05, 0.1) is 5.56 Å². The van der Waals surface area contributed by atoms with Gasteiger partial charge in [0.2, 0.25) is 0 Å². The Morgan fingerprint density at radius 3 is 2.25 bits per heavy atom. The van der Waals surface area contributed by atoms with Crippen molar-refractivity contribution in [2.45, 2.75) is 12.3 Å². The quantitative estimate of drug-likeness (QED) is 0.639. The van der Waals surface area contributed by atoms with Crippen LogP contribution in [-0.4, -0.2) is 26.6 Å². The number of hydrogen-bond acceptors (Lipinski definition) is 5. The van der Waals surface area contributed by atoms with Crippen LogP contribution >= 0.6 is 0 Å². The molecule has 1 aromatic carbocycles. The summed E-state index contributed by atoms with van der Waals surface area (Å²) in [6.07, 6.45) is -3.64. The van der Waals surface area contributed by atoms with Gasteiger partial charge in [-0.05, 0) is 24.3 Å². The van der Waals surface area contributed by atoms with Crippen molar-refractivity contribution in [1.82, 2.24) is 15.0 Å². The van der Waals surface area contributed by atoms with Crippen LogP contribution in [-0.2, 0) is 6.18 Å². The van der Waals surface area contributed by atoms with Gasteiger partial charge in [-0.15, -0.1) is 0 Å². The first-order valence-corrected chi connectivity index (χ1v) is 7.98. The predicted octanol–water partition coefficient (Wildman–Crippen LogP) is 3.98. The zero-order chi connectivity index (χ0) is 20.3. The second-order valence-corrected chi connectivity index (χ2v) is 5.73. The Kier molecular flexibility index (Phi) is 5.50. The lowest BCUT2D eigenvalue weighted by atomic mass is 10.1. The van der Waals surface area contributed by atoms with E-state index in [1.807, 2.05) is 0 Å². The van der Waals surface area contributed by atoms with Gasteiger partial charge in [0.15, 0.2) is 11.5 Å². The minimum absolute atomic E-state index is 0.216. The molecule has 0 aliphatic rings. The Morgan fingerprint density at radius 1 is 1.00 bits per heavy atom. The molecule has 1 unspecified atom stereocenters. The van der Waals surface area contributed by atoms with Crippen LogP contribution in [0.4, 0.5) is 27.8 Å². The highest BCUT2D eigenvalue weighted by molar-refractivity contribution is 5.57. The fourth-order valence-electron chi connectivity index (χ4n) is 2.45. The van der Waals surface area contributed by atoms with Gasteiger partial charge >= 0.3 is 6.18 Å². The van der Waals surface area contributed by atoms with E-state index >= 15 is 0 Å². The molecule has 0 saturated carbocycles. The smallest absolute Gasteiger partial charge is 0.386 e. The molecule has 10 heteroatoms. The molecule has 2 N–H and O–H groups in total. The molecule has 1 atom stereocenters. The van der Waals surface area contributed by atoms with E-state index in [9.17, 15) is 27.1 Å². The highest BCUT2D eigenvalue weighted by atomic mass is 19.4. The maximum atomic E-state index is 13.7. The third-order valence-electron chi connectivity index (χ3n) is 3.76. The average Bonchev–Trinajstić information content (AvgIpc) is 2.66. The molecule has 2 heterocycles. The van der Waals surface area contributed by atoms with Gasteiger partial charge in [0.25, 0.3) is 0 Å². The fourth-order valence-corrected chi connectivity index (χ4v) is 2.45. The van der Waals surface area contributed by atoms with Crippen LogP contribution in [0.2, 0.25) is 0 Å². The lowest BCUT2D eigenvalue weighted by Gasteiger charge is -2.16. The van der Waals surface area contributed by atoms with Crippen LogP contribution in [0, 0.1) is 11.6 Å². The number of hydrogen-bond donors (Lipinski definition) is 2. The molecule has 0 fully saturated rings. The molecule has 0 aliphatic heterocycles. The minimum atomic E-state index is -4.74. The SMILES string of the molecule is OC(CNc1cc(C(F)(F)F)nc(-c2ccncc2)n1)c1c(F)cccc1F. The summed E-state index contributed by atoms with van der Waals surface area (Å²) in [5.41, 5.74) is -1.50. The van der Waals surface area contributed by atoms with Crippen molar-refractivity contribution in [2.75, 3.05) is 11.9 Å². The van der Waals surface area contributed by atoms with E-state index in [-0.39, 0.29) is 11.6 Å². The molecule has 2 aromatic heterocycles. The molecule has 28 heavy (non-hydrogen) atoms. The summed E-state index contributed by atoms with van der Waals surface area (Å²) >= 11 is 0. The van der Waals surface area contributed by atoms with Crippen molar-refractivity contribution in [2.24, 2.45) is 0 Å². The number of nitrogens with zero attached hydrogens (tertiary/aromatic N) is 3. The Morgan fingerprint density at radius 2 is 1.64 bits per heavy atom. The number of anilines is 1. The molecule has 0 aliphatic carbocycles. The number of aromatic nitrogens is 3. The van der Waals surface area contributed by atoms with Gasteiger partial charge < -0.3 is 10.4 Å². The van der Waals surface area contributed by atoms with Gasteiger partial charge in [0.1, 0.15) is 23.6 Å². The lowest BCUT2D eigenvalue weighted by molar-refractivity contribution is -0.141. The normalized spacial score (nSPS) is 12.6. The Balaban J connectivity index is 1.89. The van der Waals surface area contributed by atoms with Crippen LogP contribution in [0.15, 0.2) is 48.8 Å². The summed E-state index contributed by atoms with van der Waals surface area (Å²) in [6, 6.07) is 6.58. The van der Waals surface area contributed by atoms with Crippen LogP contribution in [0.1, 0.15) is 17.4 Å². The number of alkyl halides is 3. The first-order chi connectivity index (χ1) is 13.3. The summed E-state index contributed by atoms with van der Waals surface area (Å²) < 4.78 is 66.9. The van der Waals surface area contributed by atoms with E-state index in [2.05, 4.69) is 20.3 Å². The highest BCUT2D eigenvalue weighted by Gasteiger charge is 2.34. The molecule has 0 amide bonds. The van der Waals surface area contributed by atoms with Crippen molar-refractivity contribution in [3.05, 3.63) is 71.7 Å². The second-order valence-electron chi connectivity index (χ2n) is 5.73. The van der Waals surface area contributed by atoms with Crippen LogP contribution < -0.4 is 5.32 Å². The highest BCUT2D eigenvalue weighted by Crippen LogP contribution is 2.31. The van der Waals surface area contributed by atoms with Crippen molar-refractivity contribution in [3.63, 3.8) is 0 Å². The molecule has 0 saturated heterocycles. The molecule has 3 aromatic rings. The summed E-state index contributed by atoms with van der Waals surface area (Å²) in [5, 5.41) is 12.5. The molecule has 5 nitrogen and oxygen atoms in total. The molecule has 0 spiro atoms.